The number of halogens is 3. The summed E-state index contributed by atoms with van der Waals surface area (Å²) in [5.74, 6) is 0.668. The molecule has 0 bridgehead atoms. The van der Waals surface area contributed by atoms with Crippen LogP contribution in [0.3, 0.4) is 0 Å². The topological polar surface area (TPSA) is 35.0 Å². The van der Waals surface area contributed by atoms with Crippen molar-refractivity contribution in [3.05, 3.63) is 63.0 Å². The Morgan fingerprint density at radius 1 is 1.09 bits per heavy atom. The van der Waals surface area contributed by atoms with Crippen LogP contribution < -0.4 is 4.74 Å². The van der Waals surface area contributed by atoms with Gasteiger partial charge in [0.2, 0.25) is 0 Å². The lowest BCUT2D eigenvalue weighted by molar-refractivity contribution is 0.309. The fourth-order valence-electron chi connectivity index (χ4n) is 2.09. The van der Waals surface area contributed by atoms with Gasteiger partial charge in [0.15, 0.2) is 0 Å². The van der Waals surface area contributed by atoms with Gasteiger partial charge in [-0.25, -0.2) is 9.97 Å². The van der Waals surface area contributed by atoms with E-state index in [1.54, 1.807) is 0 Å². The van der Waals surface area contributed by atoms with E-state index in [2.05, 4.69) is 9.97 Å². The van der Waals surface area contributed by atoms with E-state index in [9.17, 15) is 0 Å². The van der Waals surface area contributed by atoms with Gasteiger partial charge in [-0.15, -0.1) is 0 Å². The number of aryl methyl sites for hydroxylation is 1. The summed E-state index contributed by atoms with van der Waals surface area (Å²) in [6, 6.07) is 9.73. The highest BCUT2D eigenvalue weighted by atomic mass is 35.5. The molecule has 0 aliphatic carbocycles. The molecular formula is C16H11Cl3N2O. The Kier molecular flexibility index (Phi) is 4.39. The van der Waals surface area contributed by atoms with E-state index < -0.39 is 0 Å². The first-order valence-electron chi connectivity index (χ1n) is 6.54. The van der Waals surface area contributed by atoms with Crippen molar-refractivity contribution in [2.24, 2.45) is 0 Å². The maximum absolute atomic E-state index is 6.13. The number of fused-ring (bicyclic) bond motifs is 1. The molecule has 0 radical (unpaired) electrons. The molecule has 6 heteroatoms. The number of pyridine rings is 2. The molecule has 2 heterocycles. The van der Waals surface area contributed by atoms with Crippen molar-refractivity contribution in [1.82, 2.24) is 9.97 Å². The third-order valence-electron chi connectivity index (χ3n) is 3.22. The number of rotatable bonds is 3. The third-order valence-corrected chi connectivity index (χ3v) is 4.34. The minimum absolute atomic E-state index is 0.189. The van der Waals surface area contributed by atoms with Crippen LogP contribution in [-0.4, -0.2) is 9.97 Å². The van der Waals surface area contributed by atoms with E-state index in [0.29, 0.717) is 21.4 Å². The zero-order chi connectivity index (χ0) is 15.7. The van der Waals surface area contributed by atoms with E-state index in [1.165, 1.54) is 6.20 Å². The van der Waals surface area contributed by atoms with Gasteiger partial charge in [-0.1, -0.05) is 53.0 Å². The predicted molar refractivity (Wildman–Crippen MR) is 90.1 cm³/mol. The molecule has 3 nitrogen and oxygen atoms in total. The number of benzene rings is 1. The Morgan fingerprint density at radius 3 is 2.73 bits per heavy atom. The van der Waals surface area contributed by atoms with Crippen LogP contribution in [0.1, 0.15) is 11.3 Å². The van der Waals surface area contributed by atoms with Crippen LogP contribution in [0.4, 0.5) is 0 Å². The Bertz CT molecular complexity index is 852. The summed E-state index contributed by atoms with van der Waals surface area (Å²) in [6.07, 6.45) is 1.46. The Balaban J connectivity index is 1.95. The van der Waals surface area contributed by atoms with Gasteiger partial charge in [-0.3, -0.25) is 0 Å². The molecule has 3 aromatic rings. The fraction of sp³-hybridized carbons (Fsp3) is 0.125. The Labute approximate surface area is 142 Å². The molecule has 0 aliphatic rings. The average Bonchev–Trinajstić information content (AvgIpc) is 2.51. The summed E-state index contributed by atoms with van der Waals surface area (Å²) >= 11 is 18.2. The summed E-state index contributed by atoms with van der Waals surface area (Å²) in [5.41, 5.74) is 2.33. The SMILES string of the molecule is Cc1ccc2cccc(OCc3c(Cl)cnc(Cl)c3Cl)c2n1. The number of aromatic nitrogens is 2. The van der Waals surface area contributed by atoms with Gasteiger partial charge in [-0.2, -0.15) is 0 Å². The normalized spacial score (nSPS) is 10.9. The molecule has 22 heavy (non-hydrogen) atoms. The van der Waals surface area contributed by atoms with Crippen molar-refractivity contribution in [3.8, 4) is 5.75 Å². The van der Waals surface area contributed by atoms with Crippen LogP contribution in [-0.2, 0) is 6.61 Å². The maximum atomic E-state index is 6.13. The third kappa shape index (κ3) is 2.98. The summed E-state index contributed by atoms with van der Waals surface area (Å²) in [5, 5.41) is 1.93. The maximum Gasteiger partial charge on any atom is 0.148 e. The van der Waals surface area contributed by atoms with Crippen LogP contribution in [0.5, 0.6) is 5.75 Å². The highest BCUT2D eigenvalue weighted by Crippen LogP contribution is 2.31. The van der Waals surface area contributed by atoms with Crippen LogP contribution in [0, 0.1) is 6.92 Å². The van der Waals surface area contributed by atoms with Crippen LogP contribution in [0.15, 0.2) is 36.5 Å². The summed E-state index contributed by atoms with van der Waals surface area (Å²) in [4.78, 5) is 8.41. The first-order valence-corrected chi connectivity index (χ1v) is 7.67. The zero-order valence-corrected chi connectivity index (χ0v) is 13.9. The van der Waals surface area contributed by atoms with E-state index in [4.69, 9.17) is 39.5 Å². The molecule has 0 aliphatic heterocycles. The Hall–Kier alpha value is -1.55. The monoisotopic (exact) mass is 352 g/mol. The van der Waals surface area contributed by atoms with Crippen LogP contribution in [0.25, 0.3) is 10.9 Å². The largest absolute Gasteiger partial charge is 0.487 e. The first-order chi connectivity index (χ1) is 10.6. The molecule has 0 saturated carbocycles. The number of hydrogen-bond acceptors (Lipinski definition) is 3. The lowest BCUT2D eigenvalue weighted by Gasteiger charge is -2.11. The molecule has 112 valence electrons. The van der Waals surface area contributed by atoms with E-state index >= 15 is 0 Å². The molecule has 0 amide bonds. The number of hydrogen-bond donors (Lipinski definition) is 0. The molecule has 0 spiro atoms. The van der Waals surface area contributed by atoms with Gasteiger partial charge >= 0.3 is 0 Å². The van der Waals surface area contributed by atoms with E-state index in [0.717, 1.165) is 16.6 Å². The van der Waals surface area contributed by atoms with Gasteiger partial charge in [0, 0.05) is 22.8 Å². The second-order valence-corrected chi connectivity index (χ2v) is 5.90. The second-order valence-electron chi connectivity index (χ2n) is 4.76. The summed E-state index contributed by atoms with van der Waals surface area (Å²) < 4.78 is 5.86. The minimum atomic E-state index is 0.189. The zero-order valence-electron chi connectivity index (χ0n) is 11.6. The smallest absolute Gasteiger partial charge is 0.148 e. The van der Waals surface area contributed by atoms with Crippen molar-refractivity contribution in [1.29, 1.82) is 0 Å². The van der Waals surface area contributed by atoms with Gasteiger partial charge in [0.05, 0.1) is 10.0 Å². The average molecular weight is 354 g/mol. The molecule has 0 saturated heterocycles. The van der Waals surface area contributed by atoms with Gasteiger partial charge in [0.25, 0.3) is 0 Å². The Morgan fingerprint density at radius 2 is 1.91 bits per heavy atom. The number of para-hydroxylation sites is 1. The van der Waals surface area contributed by atoms with Gasteiger partial charge < -0.3 is 4.74 Å². The molecule has 0 N–H and O–H groups in total. The van der Waals surface area contributed by atoms with Crippen molar-refractivity contribution in [2.45, 2.75) is 13.5 Å². The number of nitrogens with zero attached hydrogens (tertiary/aromatic N) is 2. The van der Waals surface area contributed by atoms with Crippen molar-refractivity contribution >= 4 is 45.7 Å². The van der Waals surface area contributed by atoms with Crippen LogP contribution in [0.2, 0.25) is 15.2 Å². The van der Waals surface area contributed by atoms with Crippen molar-refractivity contribution in [2.75, 3.05) is 0 Å². The molecular weight excluding hydrogens is 343 g/mol. The molecule has 1 aromatic carbocycles. The van der Waals surface area contributed by atoms with Crippen molar-refractivity contribution < 1.29 is 4.74 Å². The molecule has 3 rings (SSSR count). The number of ether oxygens (including phenoxy) is 1. The van der Waals surface area contributed by atoms with Crippen LogP contribution >= 0.6 is 34.8 Å². The molecule has 0 unspecified atom stereocenters. The summed E-state index contributed by atoms with van der Waals surface area (Å²) in [6.45, 7) is 2.13. The highest BCUT2D eigenvalue weighted by molar-refractivity contribution is 6.43. The quantitative estimate of drug-likeness (QED) is 0.585. The van der Waals surface area contributed by atoms with Gasteiger partial charge in [0.1, 0.15) is 23.0 Å². The summed E-state index contributed by atoms with van der Waals surface area (Å²) in [7, 11) is 0. The lowest BCUT2D eigenvalue weighted by atomic mass is 10.2. The highest BCUT2D eigenvalue weighted by Gasteiger charge is 2.12. The van der Waals surface area contributed by atoms with E-state index in [1.807, 2.05) is 37.3 Å². The predicted octanol–water partition coefficient (Wildman–Crippen LogP) is 5.48. The standard InChI is InChI=1S/C16H11Cl3N2O/c1-9-5-6-10-3-2-4-13(15(10)21-9)22-8-11-12(17)7-20-16(19)14(11)18/h2-7H,8H2,1H3. The van der Waals surface area contributed by atoms with Crippen molar-refractivity contribution in [3.63, 3.8) is 0 Å². The fourth-order valence-corrected chi connectivity index (χ4v) is 2.71. The molecule has 0 fully saturated rings. The molecule has 2 aromatic heterocycles. The minimum Gasteiger partial charge on any atom is -0.487 e. The second kappa shape index (κ2) is 6.29. The first kappa shape index (κ1) is 15.3. The van der Waals surface area contributed by atoms with Gasteiger partial charge in [-0.05, 0) is 19.1 Å². The lowest BCUT2D eigenvalue weighted by Crippen LogP contribution is -2.00. The molecule has 0 atom stereocenters. The van der Waals surface area contributed by atoms with E-state index in [-0.39, 0.29) is 11.8 Å².